The lowest BCUT2D eigenvalue weighted by molar-refractivity contribution is -0.131. The molecule has 0 fully saturated rings. The molecule has 1 rings (SSSR count). The van der Waals surface area contributed by atoms with Crippen molar-refractivity contribution in [3.8, 4) is 0 Å². The number of carbonyl (C=O) groups excluding carboxylic acids is 1. The molecule has 0 saturated carbocycles. The minimum Gasteiger partial charge on any atom is -0.349 e. The third-order valence-electron chi connectivity index (χ3n) is 4.00. The summed E-state index contributed by atoms with van der Waals surface area (Å²) in [6, 6.07) is 5.09. The first-order valence-corrected chi connectivity index (χ1v) is 7.61. The molecule has 1 amide bonds. The van der Waals surface area contributed by atoms with Crippen LogP contribution in [0.1, 0.15) is 45.2 Å². The van der Waals surface area contributed by atoms with Crippen LogP contribution in [0.3, 0.4) is 0 Å². The van der Waals surface area contributed by atoms with Gasteiger partial charge in [-0.05, 0) is 37.5 Å². The number of carbonyl (C=O) groups is 1. The lowest BCUT2D eigenvalue weighted by Crippen LogP contribution is -2.46. The first-order valence-electron chi connectivity index (χ1n) is 6.86. The molecule has 5 heteroatoms. The number of hydrogen-bond donors (Lipinski definition) is 2. The van der Waals surface area contributed by atoms with Gasteiger partial charge in [0.15, 0.2) is 0 Å². The van der Waals surface area contributed by atoms with Gasteiger partial charge in [-0.15, -0.1) is 0 Å². The molecule has 3 N–H and O–H groups in total. The third kappa shape index (κ3) is 3.66. The minimum absolute atomic E-state index is 0.0245. The van der Waals surface area contributed by atoms with Crippen LogP contribution >= 0.6 is 23.2 Å². The van der Waals surface area contributed by atoms with Crippen molar-refractivity contribution in [1.82, 2.24) is 5.32 Å². The molecule has 1 aromatic rings. The van der Waals surface area contributed by atoms with Gasteiger partial charge in [0.05, 0.1) is 11.5 Å². The van der Waals surface area contributed by atoms with Gasteiger partial charge in [0.2, 0.25) is 5.91 Å². The van der Waals surface area contributed by atoms with E-state index in [0.717, 1.165) is 5.56 Å². The van der Waals surface area contributed by atoms with E-state index in [1.54, 1.807) is 12.1 Å². The summed E-state index contributed by atoms with van der Waals surface area (Å²) in [5.41, 5.74) is 6.13. The molecule has 0 heterocycles. The van der Waals surface area contributed by atoms with Gasteiger partial charge in [0, 0.05) is 16.6 Å². The average Bonchev–Trinajstić information content (AvgIpc) is 2.41. The average molecular weight is 317 g/mol. The number of halogens is 2. The second-order valence-corrected chi connectivity index (χ2v) is 5.90. The van der Waals surface area contributed by atoms with E-state index in [9.17, 15) is 4.79 Å². The van der Waals surface area contributed by atoms with Crippen molar-refractivity contribution in [2.75, 3.05) is 6.54 Å². The summed E-state index contributed by atoms with van der Waals surface area (Å²) >= 11 is 12.0. The van der Waals surface area contributed by atoms with Crippen molar-refractivity contribution >= 4 is 29.1 Å². The molecule has 0 spiro atoms. The van der Waals surface area contributed by atoms with Crippen LogP contribution in [0.25, 0.3) is 0 Å². The Balaban J connectivity index is 2.89. The van der Waals surface area contributed by atoms with E-state index in [1.807, 2.05) is 26.8 Å². The van der Waals surface area contributed by atoms with E-state index in [-0.39, 0.29) is 11.9 Å². The molecule has 0 saturated heterocycles. The van der Waals surface area contributed by atoms with E-state index in [0.29, 0.717) is 29.4 Å². The lowest BCUT2D eigenvalue weighted by atomic mass is 9.81. The fraction of sp³-hybridized carbons (Fsp3) is 0.533. The molecule has 0 aliphatic carbocycles. The summed E-state index contributed by atoms with van der Waals surface area (Å²) in [6.07, 6.45) is 1.43. The van der Waals surface area contributed by atoms with E-state index >= 15 is 0 Å². The summed E-state index contributed by atoms with van der Waals surface area (Å²) in [5, 5.41) is 4.14. The Bertz CT molecular complexity index is 465. The number of nitrogens with two attached hydrogens (primary N) is 1. The highest BCUT2D eigenvalue weighted by atomic mass is 35.5. The van der Waals surface area contributed by atoms with Gasteiger partial charge < -0.3 is 11.1 Å². The molecular formula is C15H22Cl2N2O. The van der Waals surface area contributed by atoms with Gasteiger partial charge in [0.1, 0.15) is 0 Å². The highest BCUT2D eigenvalue weighted by molar-refractivity contribution is 6.35. The van der Waals surface area contributed by atoms with Crippen LogP contribution in [0.5, 0.6) is 0 Å². The molecule has 1 unspecified atom stereocenters. The van der Waals surface area contributed by atoms with Crippen LogP contribution < -0.4 is 11.1 Å². The van der Waals surface area contributed by atoms with Crippen LogP contribution in [0.15, 0.2) is 18.2 Å². The Morgan fingerprint density at radius 3 is 2.40 bits per heavy atom. The monoisotopic (exact) mass is 316 g/mol. The number of hydrogen-bond acceptors (Lipinski definition) is 2. The second kappa shape index (κ2) is 7.30. The zero-order chi connectivity index (χ0) is 15.3. The van der Waals surface area contributed by atoms with Crippen LogP contribution in [0.4, 0.5) is 0 Å². The van der Waals surface area contributed by atoms with E-state index in [1.165, 1.54) is 0 Å². The van der Waals surface area contributed by atoms with Crippen molar-refractivity contribution in [2.45, 2.75) is 39.7 Å². The van der Waals surface area contributed by atoms with Crippen molar-refractivity contribution in [2.24, 2.45) is 11.1 Å². The topological polar surface area (TPSA) is 55.1 Å². The minimum atomic E-state index is -0.507. The molecule has 3 nitrogen and oxygen atoms in total. The van der Waals surface area contributed by atoms with E-state index in [2.05, 4.69) is 5.32 Å². The Kier molecular flexibility index (Phi) is 6.31. The van der Waals surface area contributed by atoms with Gasteiger partial charge in [0.25, 0.3) is 0 Å². The van der Waals surface area contributed by atoms with Crippen molar-refractivity contribution in [3.05, 3.63) is 33.8 Å². The van der Waals surface area contributed by atoms with Crippen LogP contribution in [-0.4, -0.2) is 12.5 Å². The van der Waals surface area contributed by atoms with Crippen molar-refractivity contribution in [1.29, 1.82) is 0 Å². The maximum absolute atomic E-state index is 12.5. The van der Waals surface area contributed by atoms with Gasteiger partial charge in [-0.2, -0.15) is 0 Å². The number of rotatable bonds is 6. The SMILES string of the molecule is CCC(CC)(CN)C(=O)NC(C)c1ccc(Cl)cc1Cl. The summed E-state index contributed by atoms with van der Waals surface area (Å²) < 4.78 is 0. The number of nitrogens with one attached hydrogen (secondary N) is 1. The zero-order valence-electron chi connectivity index (χ0n) is 12.2. The lowest BCUT2D eigenvalue weighted by Gasteiger charge is -2.30. The summed E-state index contributed by atoms with van der Waals surface area (Å²) in [5.74, 6) is -0.0245. The van der Waals surface area contributed by atoms with E-state index in [4.69, 9.17) is 28.9 Å². The summed E-state index contributed by atoms with van der Waals surface area (Å²) in [4.78, 5) is 12.5. The highest BCUT2D eigenvalue weighted by Gasteiger charge is 2.34. The Labute approximate surface area is 130 Å². The fourth-order valence-electron chi connectivity index (χ4n) is 2.23. The van der Waals surface area contributed by atoms with Gasteiger partial charge in [-0.3, -0.25) is 4.79 Å². The smallest absolute Gasteiger partial charge is 0.227 e. The summed E-state index contributed by atoms with van der Waals surface area (Å²) in [6.45, 7) is 6.21. The third-order valence-corrected chi connectivity index (χ3v) is 4.56. The zero-order valence-corrected chi connectivity index (χ0v) is 13.7. The molecule has 0 bridgehead atoms. The molecule has 0 aliphatic rings. The predicted octanol–water partition coefficient (Wildman–Crippen LogP) is 3.94. The first kappa shape index (κ1) is 17.3. The first-order chi connectivity index (χ1) is 9.40. The molecule has 0 aliphatic heterocycles. The maximum Gasteiger partial charge on any atom is 0.227 e. The molecule has 20 heavy (non-hydrogen) atoms. The summed E-state index contributed by atoms with van der Waals surface area (Å²) in [7, 11) is 0. The molecule has 1 aromatic carbocycles. The normalized spacial score (nSPS) is 13.1. The standard InChI is InChI=1S/C15H22Cl2N2O/c1-4-15(5-2,9-18)14(20)19-10(3)12-7-6-11(16)8-13(12)17/h6-8,10H,4-5,9,18H2,1-3H3,(H,19,20). The van der Waals surface area contributed by atoms with Gasteiger partial charge in [-0.1, -0.05) is 43.1 Å². The predicted molar refractivity (Wildman–Crippen MR) is 85.1 cm³/mol. The second-order valence-electron chi connectivity index (χ2n) is 5.05. The fourth-order valence-corrected chi connectivity index (χ4v) is 2.80. The van der Waals surface area contributed by atoms with Crippen molar-refractivity contribution < 1.29 is 4.79 Å². The van der Waals surface area contributed by atoms with Gasteiger partial charge >= 0.3 is 0 Å². The maximum atomic E-state index is 12.5. The number of benzene rings is 1. The highest BCUT2D eigenvalue weighted by Crippen LogP contribution is 2.29. The Morgan fingerprint density at radius 1 is 1.35 bits per heavy atom. The molecule has 112 valence electrons. The quantitative estimate of drug-likeness (QED) is 0.835. The molecule has 1 atom stereocenters. The van der Waals surface area contributed by atoms with Crippen LogP contribution in [0, 0.1) is 5.41 Å². The Morgan fingerprint density at radius 2 is 1.95 bits per heavy atom. The molecular weight excluding hydrogens is 295 g/mol. The Hall–Kier alpha value is -0.770. The van der Waals surface area contributed by atoms with Crippen LogP contribution in [0.2, 0.25) is 10.0 Å². The van der Waals surface area contributed by atoms with Gasteiger partial charge in [-0.25, -0.2) is 0 Å². The van der Waals surface area contributed by atoms with Crippen LogP contribution in [-0.2, 0) is 4.79 Å². The molecule has 0 radical (unpaired) electrons. The largest absolute Gasteiger partial charge is 0.349 e. The molecule has 0 aromatic heterocycles. The van der Waals surface area contributed by atoms with E-state index < -0.39 is 5.41 Å². The number of amides is 1. The van der Waals surface area contributed by atoms with Crippen molar-refractivity contribution in [3.63, 3.8) is 0 Å².